The lowest BCUT2D eigenvalue weighted by atomic mass is 10.2. The number of hydrogen-bond acceptors (Lipinski definition) is 5. The summed E-state index contributed by atoms with van der Waals surface area (Å²) < 4.78 is 23.7. The first kappa shape index (κ1) is 14.3. The van der Waals surface area contributed by atoms with E-state index in [4.69, 9.17) is 14.6 Å². The van der Waals surface area contributed by atoms with Crippen LogP contribution in [0.1, 0.15) is 10.4 Å². The molecule has 0 aliphatic rings. The molecule has 7 heteroatoms. The molecule has 1 rings (SSSR count). The topological polar surface area (TPSA) is 80.7 Å². The van der Waals surface area contributed by atoms with E-state index in [1.54, 1.807) is 0 Å². The normalized spacial score (nSPS) is 12.2. The Morgan fingerprint density at radius 1 is 1.61 bits per heavy atom. The molecule has 1 heterocycles. The molecule has 2 N–H and O–H groups in total. The average molecular weight is 258 g/mol. The van der Waals surface area contributed by atoms with Gasteiger partial charge in [-0.05, 0) is 6.07 Å². The third-order valence-electron chi connectivity index (χ3n) is 2.30. The molecule has 0 radical (unpaired) electrons. The standard InChI is InChI=1S/C11H15FN2O4/c1-17-6-7(18-2)5-14-10-9(12)8(11(15)16)3-4-13-10/h3-4,7H,5-6H2,1-2H3,(H,13,14)(H,15,16). The fourth-order valence-corrected chi connectivity index (χ4v) is 1.34. The summed E-state index contributed by atoms with van der Waals surface area (Å²) in [4.78, 5) is 14.5. The zero-order valence-electron chi connectivity index (χ0n) is 10.1. The maximum atomic E-state index is 13.7. The van der Waals surface area contributed by atoms with Crippen LogP contribution in [-0.2, 0) is 9.47 Å². The summed E-state index contributed by atoms with van der Waals surface area (Å²) in [5.41, 5.74) is -0.423. The molecule has 6 nitrogen and oxygen atoms in total. The van der Waals surface area contributed by atoms with Crippen molar-refractivity contribution in [3.05, 3.63) is 23.6 Å². The smallest absolute Gasteiger partial charge is 0.338 e. The number of halogens is 1. The lowest BCUT2D eigenvalue weighted by Crippen LogP contribution is -2.27. The van der Waals surface area contributed by atoms with Crippen LogP contribution in [-0.4, -0.2) is 49.5 Å². The SMILES string of the molecule is COCC(CNc1nccc(C(=O)O)c1F)OC. The highest BCUT2D eigenvalue weighted by molar-refractivity contribution is 5.88. The van der Waals surface area contributed by atoms with Crippen molar-refractivity contribution < 1.29 is 23.8 Å². The van der Waals surface area contributed by atoms with Crippen molar-refractivity contribution in [2.45, 2.75) is 6.10 Å². The number of hydrogen-bond donors (Lipinski definition) is 2. The van der Waals surface area contributed by atoms with Gasteiger partial charge in [-0.2, -0.15) is 0 Å². The highest BCUT2D eigenvalue weighted by atomic mass is 19.1. The molecule has 1 aromatic rings. The Morgan fingerprint density at radius 2 is 2.33 bits per heavy atom. The van der Waals surface area contributed by atoms with E-state index in [0.29, 0.717) is 6.61 Å². The number of aromatic nitrogens is 1. The van der Waals surface area contributed by atoms with Crippen LogP contribution in [0.4, 0.5) is 10.2 Å². The average Bonchev–Trinajstić information content (AvgIpc) is 2.35. The first-order valence-electron chi connectivity index (χ1n) is 5.23. The molecule has 0 aromatic carbocycles. The Labute approximate surface area is 104 Å². The van der Waals surface area contributed by atoms with Gasteiger partial charge in [0.2, 0.25) is 0 Å². The Kier molecular flexibility index (Phi) is 5.47. The van der Waals surface area contributed by atoms with Crippen molar-refractivity contribution >= 4 is 11.8 Å². The number of nitrogens with one attached hydrogen (secondary N) is 1. The summed E-state index contributed by atoms with van der Waals surface area (Å²) in [5.74, 6) is -2.34. The second-order valence-electron chi connectivity index (χ2n) is 3.52. The monoisotopic (exact) mass is 258 g/mol. The van der Waals surface area contributed by atoms with Gasteiger partial charge in [0.15, 0.2) is 11.6 Å². The van der Waals surface area contributed by atoms with Crippen LogP contribution in [0, 0.1) is 5.82 Å². The predicted octanol–water partition coefficient (Wildman–Crippen LogP) is 0.992. The van der Waals surface area contributed by atoms with Crippen LogP contribution in [0.3, 0.4) is 0 Å². The Morgan fingerprint density at radius 3 is 2.89 bits per heavy atom. The molecule has 0 saturated heterocycles. The van der Waals surface area contributed by atoms with Crippen molar-refractivity contribution in [2.24, 2.45) is 0 Å². The summed E-state index contributed by atoms with van der Waals surface area (Å²) in [7, 11) is 3.03. The predicted molar refractivity (Wildman–Crippen MR) is 62.3 cm³/mol. The van der Waals surface area contributed by atoms with Gasteiger partial charge >= 0.3 is 5.97 Å². The number of rotatable bonds is 7. The van der Waals surface area contributed by atoms with Gasteiger partial charge in [0.05, 0.1) is 12.7 Å². The summed E-state index contributed by atoms with van der Waals surface area (Å²) >= 11 is 0. The number of pyridine rings is 1. The third kappa shape index (κ3) is 3.64. The summed E-state index contributed by atoms with van der Waals surface area (Å²) in [6.07, 6.45) is 0.956. The number of nitrogens with zero attached hydrogens (tertiary/aromatic N) is 1. The first-order chi connectivity index (χ1) is 8.60. The van der Waals surface area contributed by atoms with Gasteiger partial charge in [0.1, 0.15) is 5.56 Å². The van der Waals surface area contributed by atoms with Crippen molar-refractivity contribution in [2.75, 3.05) is 32.7 Å². The van der Waals surface area contributed by atoms with E-state index >= 15 is 0 Å². The second-order valence-corrected chi connectivity index (χ2v) is 3.52. The van der Waals surface area contributed by atoms with Crippen LogP contribution >= 0.6 is 0 Å². The molecule has 0 aliphatic heterocycles. The van der Waals surface area contributed by atoms with E-state index < -0.39 is 17.3 Å². The molecular weight excluding hydrogens is 243 g/mol. The highest BCUT2D eigenvalue weighted by Gasteiger charge is 2.16. The molecule has 1 atom stereocenters. The lowest BCUT2D eigenvalue weighted by molar-refractivity contribution is 0.0365. The minimum atomic E-state index is -1.34. The summed E-state index contributed by atoms with van der Waals surface area (Å²) in [6.45, 7) is 0.598. The fraction of sp³-hybridized carbons (Fsp3) is 0.455. The molecule has 0 aliphatic carbocycles. The van der Waals surface area contributed by atoms with Crippen LogP contribution in [0.5, 0.6) is 0 Å². The molecule has 18 heavy (non-hydrogen) atoms. The minimum absolute atomic E-state index is 0.118. The second kappa shape index (κ2) is 6.87. The van der Waals surface area contributed by atoms with Crippen molar-refractivity contribution in [1.29, 1.82) is 0 Å². The van der Waals surface area contributed by atoms with Crippen molar-refractivity contribution in [1.82, 2.24) is 4.98 Å². The Bertz CT molecular complexity index is 414. The molecule has 1 unspecified atom stereocenters. The lowest BCUT2D eigenvalue weighted by Gasteiger charge is -2.15. The molecule has 100 valence electrons. The Balaban J connectivity index is 2.73. The molecule has 0 bridgehead atoms. The van der Waals surface area contributed by atoms with Crippen LogP contribution in [0.25, 0.3) is 0 Å². The number of ether oxygens (including phenoxy) is 2. The third-order valence-corrected chi connectivity index (χ3v) is 2.30. The summed E-state index contributed by atoms with van der Waals surface area (Å²) in [5, 5.41) is 11.4. The largest absolute Gasteiger partial charge is 0.478 e. The molecule has 0 spiro atoms. The quantitative estimate of drug-likeness (QED) is 0.759. The number of carboxylic acid groups (broad SMARTS) is 1. The number of aromatic carboxylic acids is 1. The van der Waals surface area contributed by atoms with Crippen LogP contribution < -0.4 is 5.32 Å². The van der Waals surface area contributed by atoms with Gasteiger partial charge in [-0.3, -0.25) is 0 Å². The van der Waals surface area contributed by atoms with Gasteiger partial charge < -0.3 is 19.9 Å². The van der Waals surface area contributed by atoms with Crippen LogP contribution in [0.2, 0.25) is 0 Å². The van der Waals surface area contributed by atoms with Gasteiger partial charge in [-0.25, -0.2) is 14.2 Å². The van der Waals surface area contributed by atoms with Gasteiger partial charge in [0.25, 0.3) is 0 Å². The van der Waals surface area contributed by atoms with E-state index in [2.05, 4.69) is 10.3 Å². The Hall–Kier alpha value is -1.73. The minimum Gasteiger partial charge on any atom is -0.478 e. The van der Waals surface area contributed by atoms with Crippen molar-refractivity contribution in [3.63, 3.8) is 0 Å². The van der Waals surface area contributed by atoms with Crippen molar-refractivity contribution in [3.8, 4) is 0 Å². The molecular formula is C11H15FN2O4. The zero-order chi connectivity index (χ0) is 13.5. The highest BCUT2D eigenvalue weighted by Crippen LogP contribution is 2.15. The number of anilines is 1. The van der Waals surface area contributed by atoms with Gasteiger partial charge in [-0.15, -0.1) is 0 Å². The van der Waals surface area contributed by atoms with E-state index in [1.165, 1.54) is 20.4 Å². The van der Waals surface area contributed by atoms with E-state index in [9.17, 15) is 9.18 Å². The summed E-state index contributed by atoms with van der Waals surface area (Å²) in [6, 6.07) is 1.10. The number of carbonyl (C=O) groups is 1. The maximum absolute atomic E-state index is 13.7. The van der Waals surface area contributed by atoms with E-state index in [-0.39, 0.29) is 18.5 Å². The maximum Gasteiger partial charge on any atom is 0.338 e. The zero-order valence-corrected chi connectivity index (χ0v) is 10.1. The molecule has 1 aromatic heterocycles. The molecule has 0 amide bonds. The van der Waals surface area contributed by atoms with E-state index in [1.807, 2.05) is 0 Å². The molecule has 0 fully saturated rings. The van der Waals surface area contributed by atoms with Gasteiger partial charge in [0, 0.05) is 27.0 Å². The van der Waals surface area contributed by atoms with Crippen LogP contribution in [0.15, 0.2) is 12.3 Å². The number of carboxylic acids is 1. The fourth-order valence-electron chi connectivity index (χ4n) is 1.34. The first-order valence-corrected chi connectivity index (χ1v) is 5.23. The van der Waals surface area contributed by atoms with E-state index in [0.717, 1.165) is 6.07 Å². The molecule has 0 saturated carbocycles. The number of methoxy groups -OCH3 is 2. The van der Waals surface area contributed by atoms with Gasteiger partial charge in [-0.1, -0.05) is 0 Å².